The fourth-order valence-corrected chi connectivity index (χ4v) is 2.59. The van der Waals surface area contributed by atoms with Crippen molar-refractivity contribution in [2.75, 3.05) is 13.1 Å². The Labute approximate surface area is 93.9 Å². The van der Waals surface area contributed by atoms with Crippen molar-refractivity contribution in [2.24, 2.45) is 5.92 Å². The lowest BCUT2D eigenvalue weighted by atomic mass is 10.00. The Balaban J connectivity index is 1.81. The first-order valence-corrected chi connectivity index (χ1v) is 6.25. The Hall–Kier alpha value is -0.740. The molecule has 4 heteroatoms. The quantitative estimate of drug-likeness (QED) is 0.844. The van der Waals surface area contributed by atoms with Gasteiger partial charge in [-0.05, 0) is 32.4 Å². The van der Waals surface area contributed by atoms with E-state index >= 15 is 0 Å². The number of nitrogens with zero attached hydrogens (tertiary/aromatic N) is 1. The zero-order chi connectivity index (χ0) is 10.7. The molecule has 1 unspecified atom stereocenters. The molecule has 1 aliphatic heterocycles. The highest BCUT2D eigenvalue weighted by molar-refractivity contribution is 7.09. The van der Waals surface area contributed by atoms with Crippen LogP contribution in [-0.4, -0.2) is 23.9 Å². The summed E-state index contributed by atoms with van der Waals surface area (Å²) in [5.41, 5.74) is 0.938. The maximum absolute atomic E-state index is 11.7. The molecular formula is C11H16N2OS. The van der Waals surface area contributed by atoms with E-state index in [1.54, 1.807) is 11.3 Å². The third-order valence-corrected chi connectivity index (χ3v) is 3.55. The summed E-state index contributed by atoms with van der Waals surface area (Å²) in [7, 11) is 0. The predicted octanol–water partition coefficient (Wildman–Crippen LogP) is 1.56. The highest BCUT2D eigenvalue weighted by Gasteiger charge is 2.18. The molecule has 1 aliphatic rings. The number of thiazole rings is 1. The Morgan fingerprint density at radius 3 is 3.20 bits per heavy atom. The van der Waals surface area contributed by atoms with E-state index in [-0.39, 0.29) is 0 Å². The maximum atomic E-state index is 11.7. The van der Waals surface area contributed by atoms with Gasteiger partial charge in [-0.1, -0.05) is 0 Å². The number of nitrogens with one attached hydrogen (secondary N) is 1. The first-order chi connectivity index (χ1) is 7.24. The van der Waals surface area contributed by atoms with Crippen molar-refractivity contribution in [1.82, 2.24) is 10.3 Å². The topological polar surface area (TPSA) is 42.0 Å². The van der Waals surface area contributed by atoms with E-state index in [0.29, 0.717) is 24.5 Å². The molecule has 1 fully saturated rings. The average molecular weight is 224 g/mol. The standard InChI is InChI=1S/C11H16N2OS/c1-8-13-10(7-15-8)5-11(14)4-9-2-3-12-6-9/h7,9,12H,2-6H2,1H3. The third kappa shape index (κ3) is 3.11. The van der Waals surface area contributed by atoms with Crippen LogP contribution in [0.25, 0.3) is 0 Å². The van der Waals surface area contributed by atoms with Gasteiger partial charge in [-0.2, -0.15) is 0 Å². The molecule has 15 heavy (non-hydrogen) atoms. The molecule has 0 saturated carbocycles. The van der Waals surface area contributed by atoms with Crippen molar-refractivity contribution in [1.29, 1.82) is 0 Å². The van der Waals surface area contributed by atoms with Gasteiger partial charge < -0.3 is 5.32 Å². The molecule has 1 atom stereocenters. The molecule has 1 aromatic rings. The minimum atomic E-state index is 0.328. The van der Waals surface area contributed by atoms with Crippen molar-refractivity contribution in [3.05, 3.63) is 16.1 Å². The number of aromatic nitrogens is 1. The molecule has 2 heterocycles. The SMILES string of the molecule is Cc1nc(CC(=O)CC2CCNC2)cs1. The molecule has 1 aromatic heterocycles. The summed E-state index contributed by atoms with van der Waals surface area (Å²) in [6.07, 6.45) is 2.37. The summed E-state index contributed by atoms with van der Waals surface area (Å²) in [6, 6.07) is 0. The summed E-state index contributed by atoms with van der Waals surface area (Å²) in [5.74, 6) is 0.881. The van der Waals surface area contributed by atoms with Gasteiger partial charge in [0.15, 0.2) is 0 Å². The molecule has 0 aromatic carbocycles. The lowest BCUT2D eigenvalue weighted by molar-refractivity contribution is -0.119. The number of Topliss-reactive ketones (excluding diaryl/α,β-unsaturated/α-hetero) is 1. The maximum Gasteiger partial charge on any atom is 0.139 e. The fraction of sp³-hybridized carbons (Fsp3) is 0.636. The van der Waals surface area contributed by atoms with Gasteiger partial charge in [-0.15, -0.1) is 11.3 Å². The van der Waals surface area contributed by atoms with Crippen LogP contribution in [0.1, 0.15) is 23.5 Å². The predicted molar refractivity (Wildman–Crippen MR) is 61.2 cm³/mol. The van der Waals surface area contributed by atoms with Crippen LogP contribution in [0, 0.1) is 12.8 Å². The van der Waals surface area contributed by atoms with Crippen LogP contribution in [0.3, 0.4) is 0 Å². The molecule has 1 N–H and O–H groups in total. The molecule has 0 aliphatic carbocycles. The first-order valence-electron chi connectivity index (χ1n) is 5.37. The van der Waals surface area contributed by atoms with Gasteiger partial charge in [-0.3, -0.25) is 4.79 Å². The smallest absolute Gasteiger partial charge is 0.139 e. The monoisotopic (exact) mass is 224 g/mol. The molecule has 82 valence electrons. The van der Waals surface area contributed by atoms with E-state index in [9.17, 15) is 4.79 Å². The Kier molecular flexibility index (Phi) is 3.49. The van der Waals surface area contributed by atoms with Crippen molar-refractivity contribution >= 4 is 17.1 Å². The van der Waals surface area contributed by atoms with Crippen molar-refractivity contribution in [3.8, 4) is 0 Å². The van der Waals surface area contributed by atoms with E-state index in [0.717, 1.165) is 30.2 Å². The number of aryl methyl sites for hydroxylation is 1. The molecule has 3 nitrogen and oxygen atoms in total. The Morgan fingerprint density at radius 1 is 1.73 bits per heavy atom. The van der Waals surface area contributed by atoms with E-state index in [2.05, 4.69) is 10.3 Å². The number of carbonyl (C=O) groups is 1. The fourth-order valence-electron chi connectivity index (χ4n) is 1.97. The first kappa shape index (κ1) is 10.8. The summed E-state index contributed by atoms with van der Waals surface area (Å²) in [4.78, 5) is 16.0. The number of rotatable bonds is 4. The van der Waals surface area contributed by atoms with Crippen molar-refractivity contribution < 1.29 is 4.79 Å². The van der Waals surface area contributed by atoms with Crippen LogP contribution < -0.4 is 5.32 Å². The van der Waals surface area contributed by atoms with E-state index in [1.807, 2.05) is 12.3 Å². The molecule has 0 spiro atoms. The molecule has 0 radical (unpaired) electrons. The van der Waals surface area contributed by atoms with Gasteiger partial charge in [0.05, 0.1) is 10.7 Å². The van der Waals surface area contributed by atoms with E-state index in [1.165, 1.54) is 0 Å². The Morgan fingerprint density at radius 2 is 2.60 bits per heavy atom. The van der Waals surface area contributed by atoms with Crippen molar-refractivity contribution in [2.45, 2.75) is 26.2 Å². The Bertz CT molecular complexity index is 342. The van der Waals surface area contributed by atoms with Gasteiger partial charge in [-0.25, -0.2) is 4.98 Å². The number of carbonyl (C=O) groups excluding carboxylic acids is 1. The summed E-state index contributed by atoms with van der Waals surface area (Å²) >= 11 is 1.61. The van der Waals surface area contributed by atoms with Crippen LogP contribution in [-0.2, 0) is 11.2 Å². The van der Waals surface area contributed by atoms with Gasteiger partial charge in [0.2, 0.25) is 0 Å². The second-order valence-electron chi connectivity index (χ2n) is 4.14. The van der Waals surface area contributed by atoms with Gasteiger partial charge in [0.1, 0.15) is 5.78 Å². The second-order valence-corrected chi connectivity index (χ2v) is 5.20. The van der Waals surface area contributed by atoms with Crippen LogP contribution in [0.15, 0.2) is 5.38 Å². The third-order valence-electron chi connectivity index (χ3n) is 2.72. The summed E-state index contributed by atoms with van der Waals surface area (Å²) in [5, 5.41) is 6.31. The normalized spacial score (nSPS) is 20.7. The molecule has 2 rings (SSSR count). The minimum absolute atomic E-state index is 0.328. The zero-order valence-electron chi connectivity index (χ0n) is 8.95. The lowest BCUT2D eigenvalue weighted by Gasteiger charge is -2.05. The molecular weight excluding hydrogens is 208 g/mol. The zero-order valence-corrected chi connectivity index (χ0v) is 9.77. The van der Waals surface area contributed by atoms with E-state index < -0.39 is 0 Å². The average Bonchev–Trinajstić information content (AvgIpc) is 2.77. The number of hydrogen-bond acceptors (Lipinski definition) is 4. The number of ketones is 1. The van der Waals surface area contributed by atoms with Crippen LogP contribution in [0.5, 0.6) is 0 Å². The minimum Gasteiger partial charge on any atom is -0.316 e. The molecule has 0 amide bonds. The van der Waals surface area contributed by atoms with Crippen LogP contribution >= 0.6 is 11.3 Å². The van der Waals surface area contributed by atoms with Crippen LogP contribution in [0.2, 0.25) is 0 Å². The molecule has 0 bridgehead atoms. The molecule has 1 saturated heterocycles. The van der Waals surface area contributed by atoms with Crippen molar-refractivity contribution in [3.63, 3.8) is 0 Å². The highest BCUT2D eigenvalue weighted by atomic mass is 32.1. The largest absolute Gasteiger partial charge is 0.316 e. The second kappa shape index (κ2) is 4.86. The van der Waals surface area contributed by atoms with Gasteiger partial charge in [0.25, 0.3) is 0 Å². The summed E-state index contributed by atoms with van der Waals surface area (Å²) < 4.78 is 0. The lowest BCUT2D eigenvalue weighted by Crippen LogP contribution is -2.14. The van der Waals surface area contributed by atoms with Gasteiger partial charge in [0, 0.05) is 18.2 Å². The highest BCUT2D eigenvalue weighted by Crippen LogP contribution is 2.15. The van der Waals surface area contributed by atoms with Crippen LogP contribution in [0.4, 0.5) is 0 Å². The van der Waals surface area contributed by atoms with Gasteiger partial charge >= 0.3 is 0 Å². The van der Waals surface area contributed by atoms with E-state index in [4.69, 9.17) is 0 Å². The summed E-state index contributed by atoms with van der Waals surface area (Å²) in [6.45, 7) is 4.04. The number of hydrogen-bond donors (Lipinski definition) is 1.